The number of methoxy groups -OCH3 is 2. The Kier molecular flexibility index (Phi) is 9.00. The molecule has 35 heavy (non-hydrogen) atoms. The molecular weight excluding hydrogens is 444 g/mol. The Morgan fingerprint density at radius 1 is 1.11 bits per heavy atom. The van der Waals surface area contributed by atoms with E-state index in [-0.39, 0.29) is 18.1 Å². The Bertz CT molecular complexity index is 1020. The fourth-order valence-electron chi connectivity index (χ4n) is 4.67. The number of nitrogens with one attached hydrogen (secondary N) is 1. The highest BCUT2D eigenvalue weighted by Gasteiger charge is 2.41. The number of nitrogens with zero attached hydrogens (tertiary/aromatic N) is 1. The Hall–Kier alpha value is -2.80. The summed E-state index contributed by atoms with van der Waals surface area (Å²) in [6.07, 6.45) is 2.67. The van der Waals surface area contributed by atoms with Crippen molar-refractivity contribution in [3.05, 3.63) is 42.0 Å². The predicted octanol–water partition coefficient (Wildman–Crippen LogP) is 4.95. The molecular formula is C28H40N2O5. The molecule has 0 aromatic heterocycles. The number of ether oxygens (including phenoxy) is 3. The van der Waals surface area contributed by atoms with Gasteiger partial charge in [0, 0.05) is 19.7 Å². The maximum atomic E-state index is 13.3. The van der Waals surface area contributed by atoms with Crippen LogP contribution in [0, 0.1) is 5.41 Å². The SMILES string of the molecule is COc1cc2ccccc2cc1CCCCOC(=O)NC(C(=O)N1CC(OC)CC1C)C(C)(C)C. The van der Waals surface area contributed by atoms with Gasteiger partial charge in [0.2, 0.25) is 5.91 Å². The maximum Gasteiger partial charge on any atom is 0.407 e. The highest BCUT2D eigenvalue weighted by Crippen LogP contribution is 2.28. The third-order valence-corrected chi connectivity index (χ3v) is 6.75. The summed E-state index contributed by atoms with van der Waals surface area (Å²) in [5, 5.41) is 5.15. The molecule has 3 unspecified atom stereocenters. The van der Waals surface area contributed by atoms with Gasteiger partial charge >= 0.3 is 6.09 Å². The number of benzene rings is 2. The maximum absolute atomic E-state index is 13.3. The molecule has 7 nitrogen and oxygen atoms in total. The Morgan fingerprint density at radius 3 is 2.40 bits per heavy atom. The van der Waals surface area contributed by atoms with Gasteiger partial charge in [0.05, 0.1) is 19.8 Å². The van der Waals surface area contributed by atoms with Crippen LogP contribution in [0.15, 0.2) is 36.4 Å². The lowest BCUT2D eigenvalue weighted by Gasteiger charge is -2.34. The smallest absolute Gasteiger partial charge is 0.407 e. The quantitative estimate of drug-likeness (QED) is 0.510. The van der Waals surface area contributed by atoms with E-state index >= 15 is 0 Å². The van der Waals surface area contributed by atoms with E-state index in [1.807, 2.05) is 39.8 Å². The number of likely N-dealkylation sites (tertiary alicyclic amines) is 1. The van der Waals surface area contributed by atoms with Crippen LogP contribution in [-0.2, 0) is 20.7 Å². The van der Waals surface area contributed by atoms with Crippen molar-refractivity contribution >= 4 is 22.8 Å². The first-order chi connectivity index (χ1) is 16.6. The molecule has 0 spiro atoms. The highest BCUT2D eigenvalue weighted by molar-refractivity contribution is 5.87. The number of amides is 2. The first kappa shape index (κ1) is 26.8. The molecule has 1 aliphatic heterocycles. The second-order valence-corrected chi connectivity index (χ2v) is 10.5. The minimum absolute atomic E-state index is 0.0303. The van der Waals surface area contributed by atoms with Gasteiger partial charge < -0.3 is 24.4 Å². The van der Waals surface area contributed by atoms with E-state index in [1.54, 1.807) is 19.1 Å². The number of hydrogen-bond acceptors (Lipinski definition) is 5. The summed E-state index contributed by atoms with van der Waals surface area (Å²) < 4.78 is 16.4. The summed E-state index contributed by atoms with van der Waals surface area (Å²) in [6.45, 7) is 8.68. The lowest BCUT2D eigenvalue weighted by molar-refractivity contribution is -0.136. The molecule has 7 heteroatoms. The number of rotatable bonds is 9. The topological polar surface area (TPSA) is 77.1 Å². The molecule has 2 aromatic rings. The fourth-order valence-corrected chi connectivity index (χ4v) is 4.67. The summed E-state index contributed by atoms with van der Waals surface area (Å²) in [4.78, 5) is 27.6. The van der Waals surface area contributed by atoms with Gasteiger partial charge in [0.1, 0.15) is 11.8 Å². The van der Waals surface area contributed by atoms with Crippen LogP contribution in [0.25, 0.3) is 10.8 Å². The van der Waals surface area contributed by atoms with Crippen LogP contribution in [0.3, 0.4) is 0 Å². The van der Waals surface area contributed by atoms with Crippen molar-refractivity contribution in [2.24, 2.45) is 5.41 Å². The van der Waals surface area contributed by atoms with Crippen molar-refractivity contribution in [1.29, 1.82) is 0 Å². The van der Waals surface area contributed by atoms with Crippen LogP contribution in [0.1, 0.15) is 52.5 Å². The molecule has 0 aliphatic carbocycles. The van der Waals surface area contributed by atoms with Gasteiger partial charge in [-0.3, -0.25) is 4.79 Å². The molecule has 1 fully saturated rings. The summed E-state index contributed by atoms with van der Waals surface area (Å²) >= 11 is 0. The average molecular weight is 485 g/mol. The second kappa shape index (κ2) is 11.8. The van der Waals surface area contributed by atoms with Gasteiger partial charge in [0.25, 0.3) is 0 Å². The first-order valence-corrected chi connectivity index (χ1v) is 12.5. The van der Waals surface area contributed by atoms with Crippen molar-refractivity contribution in [1.82, 2.24) is 10.2 Å². The Labute approximate surface area is 209 Å². The monoisotopic (exact) mass is 484 g/mol. The van der Waals surface area contributed by atoms with E-state index in [9.17, 15) is 9.59 Å². The Balaban J connectivity index is 1.50. The fraction of sp³-hybridized carbons (Fsp3) is 0.571. The van der Waals surface area contributed by atoms with E-state index < -0.39 is 17.6 Å². The van der Waals surface area contributed by atoms with Crippen molar-refractivity contribution in [2.45, 2.75) is 71.6 Å². The standard InChI is InChI=1S/C28H40N2O5/c1-19-15-23(33-5)18-30(19)26(31)25(28(2,3)4)29-27(32)35-14-10-9-13-22-16-20-11-7-8-12-21(20)17-24(22)34-6/h7-8,11-12,16-17,19,23,25H,9-10,13-15,18H2,1-6H3,(H,29,32). The summed E-state index contributed by atoms with van der Waals surface area (Å²) in [5.41, 5.74) is 0.691. The van der Waals surface area contributed by atoms with Gasteiger partial charge in [-0.2, -0.15) is 0 Å². The number of carbonyl (C=O) groups excluding carboxylic acids is 2. The van der Waals surface area contributed by atoms with Crippen LogP contribution in [0.5, 0.6) is 5.75 Å². The van der Waals surface area contributed by atoms with Crippen molar-refractivity contribution in [3.63, 3.8) is 0 Å². The van der Waals surface area contributed by atoms with Gasteiger partial charge in [-0.25, -0.2) is 4.79 Å². The van der Waals surface area contributed by atoms with Crippen molar-refractivity contribution < 1.29 is 23.8 Å². The molecule has 3 atom stereocenters. The lowest BCUT2D eigenvalue weighted by atomic mass is 9.85. The van der Waals surface area contributed by atoms with Crippen LogP contribution in [-0.4, -0.2) is 62.5 Å². The van der Waals surface area contributed by atoms with E-state index in [1.165, 1.54) is 5.39 Å². The molecule has 0 saturated carbocycles. The van der Waals surface area contributed by atoms with E-state index in [0.29, 0.717) is 13.2 Å². The molecule has 1 heterocycles. The molecule has 192 valence electrons. The predicted molar refractivity (Wildman–Crippen MR) is 138 cm³/mol. The minimum atomic E-state index is -0.671. The molecule has 2 amide bonds. The Morgan fingerprint density at radius 2 is 1.80 bits per heavy atom. The van der Waals surface area contributed by atoms with Crippen LogP contribution < -0.4 is 10.1 Å². The normalized spacial score (nSPS) is 19.0. The zero-order chi connectivity index (χ0) is 25.6. The van der Waals surface area contributed by atoms with Crippen LogP contribution in [0.4, 0.5) is 4.79 Å². The number of fused-ring (bicyclic) bond motifs is 1. The molecule has 0 bridgehead atoms. The number of aryl methyl sites for hydroxylation is 1. The summed E-state index contributed by atoms with van der Waals surface area (Å²) in [7, 11) is 3.35. The van der Waals surface area contributed by atoms with E-state index in [4.69, 9.17) is 14.2 Å². The van der Waals surface area contributed by atoms with Crippen LogP contribution in [0.2, 0.25) is 0 Å². The van der Waals surface area contributed by atoms with Gasteiger partial charge in [0.15, 0.2) is 0 Å². The third kappa shape index (κ3) is 6.88. The molecule has 2 aromatic carbocycles. The summed E-state index contributed by atoms with van der Waals surface area (Å²) in [5.74, 6) is 0.783. The summed E-state index contributed by atoms with van der Waals surface area (Å²) in [6, 6.07) is 11.8. The highest BCUT2D eigenvalue weighted by atomic mass is 16.5. The largest absolute Gasteiger partial charge is 0.496 e. The molecule has 1 aliphatic rings. The molecule has 1 N–H and O–H groups in total. The molecule has 1 saturated heterocycles. The minimum Gasteiger partial charge on any atom is -0.496 e. The number of carbonyl (C=O) groups is 2. The van der Waals surface area contributed by atoms with Gasteiger partial charge in [-0.1, -0.05) is 45.0 Å². The second-order valence-electron chi connectivity index (χ2n) is 10.5. The molecule has 0 radical (unpaired) electrons. The van der Waals surface area contributed by atoms with Gasteiger partial charge in [-0.15, -0.1) is 0 Å². The zero-order valence-corrected chi connectivity index (χ0v) is 21.9. The third-order valence-electron chi connectivity index (χ3n) is 6.75. The van der Waals surface area contributed by atoms with Crippen molar-refractivity contribution in [3.8, 4) is 5.75 Å². The lowest BCUT2D eigenvalue weighted by Crippen LogP contribution is -2.55. The van der Waals surface area contributed by atoms with E-state index in [0.717, 1.165) is 42.4 Å². The van der Waals surface area contributed by atoms with E-state index in [2.05, 4.69) is 29.6 Å². The number of hydrogen-bond donors (Lipinski definition) is 1. The van der Waals surface area contributed by atoms with Crippen LogP contribution >= 0.6 is 0 Å². The number of unbranched alkanes of at least 4 members (excludes halogenated alkanes) is 1. The van der Waals surface area contributed by atoms with Gasteiger partial charge in [-0.05, 0) is 66.5 Å². The average Bonchev–Trinajstić information content (AvgIpc) is 3.21. The first-order valence-electron chi connectivity index (χ1n) is 12.5. The zero-order valence-electron chi connectivity index (χ0n) is 21.9. The van der Waals surface area contributed by atoms with Crippen molar-refractivity contribution in [2.75, 3.05) is 27.4 Å². The number of alkyl carbamates (subject to hydrolysis) is 1. The molecule has 3 rings (SSSR count).